The number of carbonyl (C=O) groups excluding carboxylic acids is 1. The number of rotatable bonds is 5. The summed E-state index contributed by atoms with van der Waals surface area (Å²) in [7, 11) is 0. The van der Waals surface area contributed by atoms with Crippen LogP contribution in [0.4, 0.5) is 13.2 Å². The predicted molar refractivity (Wildman–Crippen MR) is 60.6 cm³/mol. The van der Waals surface area contributed by atoms with Crippen LogP contribution in [0.1, 0.15) is 45.4 Å². The van der Waals surface area contributed by atoms with Gasteiger partial charge in [-0.05, 0) is 18.8 Å². The zero-order valence-electron chi connectivity index (χ0n) is 10.6. The van der Waals surface area contributed by atoms with Gasteiger partial charge in [0.1, 0.15) is 0 Å². The SMILES string of the molecule is CCCCCC1CCN(OC(=O)C(F)(F)F)CC1. The van der Waals surface area contributed by atoms with Gasteiger partial charge in [0.05, 0.1) is 0 Å². The summed E-state index contributed by atoms with van der Waals surface area (Å²) in [5.74, 6) is -1.57. The molecule has 0 N–H and O–H groups in total. The van der Waals surface area contributed by atoms with Crippen molar-refractivity contribution in [3.05, 3.63) is 0 Å². The topological polar surface area (TPSA) is 29.5 Å². The Labute approximate surface area is 105 Å². The van der Waals surface area contributed by atoms with E-state index in [0.29, 0.717) is 19.0 Å². The van der Waals surface area contributed by atoms with Crippen LogP contribution in [0.25, 0.3) is 0 Å². The third-order valence-electron chi connectivity index (χ3n) is 3.23. The van der Waals surface area contributed by atoms with Crippen molar-refractivity contribution in [2.24, 2.45) is 5.92 Å². The van der Waals surface area contributed by atoms with Gasteiger partial charge in [-0.2, -0.15) is 13.2 Å². The third kappa shape index (κ3) is 5.25. The van der Waals surface area contributed by atoms with E-state index in [-0.39, 0.29) is 0 Å². The van der Waals surface area contributed by atoms with Crippen molar-refractivity contribution in [3.8, 4) is 0 Å². The molecular formula is C12H20F3NO2. The Hall–Kier alpha value is -0.780. The standard InChI is InChI=1S/C12H20F3NO2/c1-2-3-4-5-10-6-8-16(9-7-10)18-11(17)12(13,14)15/h10H,2-9H2,1H3. The van der Waals surface area contributed by atoms with Gasteiger partial charge in [0.25, 0.3) is 0 Å². The van der Waals surface area contributed by atoms with Crippen LogP contribution in [0.2, 0.25) is 0 Å². The second kappa shape index (κ2) is 6.97. The minimum Gasteiger partial charge on any atom is -0.361 e. The minimum atomic E-state index is -4.90. The van der Waals surface area contributed by atoms with Crippen LogP contribution in [-0.4, -0.2) is 30.3 Å². The average molecular weight is 267 g/mol. The fraction of sp³-hybridized carbons (Fsp3) is 0.917. The number of carbonyl (C=O) groups is 1. The van der Waals surface area contributed by atoms with Crippen molar-refractivity contribution in [1.29, 1.82) is 0 Å². The van der Waals surface area contributed by atoms with E-state index in [2.05, 4.69) is 11.8 Å². The summed E-state index contributed by atoms with van der Waals surface area (Å²) in [4.78, 5) is 14.9. The summed E-state index contributed by atoms with van der Waals surface area (Å²) in [5.41, 5.74) is 0. The van der Waals surface area contributed by atoms with E-state index >= 15 is 0 Å². The van der Waals surface area contributed by atoms with Gasteiger partial charge in [0.15, 0.2) is 0 Å². The van der Waals surface area contributed by atoms with E-state index in [4.69, 9.17) is 0 Å². The monoisotopic (exact) mass is 267 g/mol. The van der Waals surface area contributed by atoms with Crippen LogP contribution in [0.5, 0.6) is 0 Å². The Morgan fingerprint density at radius 1 is 1.28 bits per heavy atom. The molecule has 0 saturated carbocycles. The highest BCUT2D eigenvalue weighted by molar-refractivity contribution is 5.75. The van der Waals surface area contributed by atoms with Crippen LogP contribution >= 0.6 is 0 Å². The Balaban J connectivity index is 2.21. The van der Waals surface area contributed by atoms with Crippen LogP contribution in [0.15, 0.2) is 0 Å². The molecular weight excluding hydrogens is 247 g/mol. The van der Waals surface area contributed by atoms with Crippen molar-refractivity contribution < 1.29 is 22.8 Å². The molecule has 1 heterocycles. The summed E-state index contributed by atoms with van der Waals surface area (Å²) in [6.07, 6.45) is 1.35. The lowest BCUT2D eigenvalue weighted by Gasteiger charge is -2.30. The fourth-order valence-corrected chi connectivity index (χ4v) is 2.14. The summed E-state index contributed by atoms with van der Waals surface area (Å²) in [6, 6.07) is 0. The summed E-state index contributed by atoms with van der Waals surface area (Å²) in [6.45, 7) is 2.94. The molecule has 1 rings (SSSR count). The first-order valence-electron chi connectivity index (χ1n) is 6.47. The van der Waals surface area contributed by atoms with Crippen molar-refractivity contribution in [1.82, 2.24) is 5.06 Å². The smallest absolute Gasteiger partial charge is 0.361 e. The number of piperidine rings is 1. The lowest BCUT2D eigenvalue weighted by Crippen LogP contribution is -2.39. The molecule has 0 unspecified atom stereocenters. The third-order valence-corrected chi connectivity index (χ3v) is 3.23. The highest BCUT2D eigenvalue weighted by atomic mass is 19.4. The molecule has 0 aromatic rings. The van der Waals surface area contributed by atoms with Gasteiger partial charge in [-0.3, -0.25) is 0 Å². The molecule has 0 spiro atoms. The summed E-state index contributed by atoms with van der Waals surface area (Å²) in [5, 5.41) is 1.13. The van der Waals surface area contributed by atoms with E-state index in [1.807, 2.05) is 0 Å². The highest BCUT2D eigenvalue weighted by Gasteiger charge is 2.42. The average Bonchev–Trinajstić information content (AvgIpc) is 2.30. The van der Waals surface area contributed by atoms with E-state index < -0.39 is 12.1 Å². The van der Waals surface area contributed by atoms with Crippen LogP contribution in [-0.2, 0) is 9.63 Å². The predicted octanol–water partition coefficient (Wildman–Crippen LogP) is 3.30. The summed E-state index contributed by atoms with van der Waals surface area (Å²) < 4.78 is 36.0. The molecule has 6 heteroatoms. The van der Waals surface area contributed by atoms with Gasteiger partial charge in [-0.1, -0.05) is 32.6 Å². The van der Waals surface area contributed by atoms with E-state index in [1.54, 1.807) is 0 Å². The highest BCUT2D eigenvalue weighted by Crippen LogP contribution is 2.24. The molecule has 0 atom stereocenters. The molecule has 1 saturated heterocycles. The Bertz CT molecular complexity index is 261. The molecule has 1 aliphatic heterocycles. The molecule has 3 nitrogen and oxygen atoms in total. The van der Waals surface area contributed by atoms with Crippen LogP contribution < -0.4 is 0 Å². The Kier molecular flexibility index (Phi) is 5.91. The zero-order chi connectivity index (χ0) is 13.6. The number of hydrogen-bond donors (Lipinski definition) is 0. The van der Waals surface area contributed by atoms with Crippen molar-refractivity contribution in [3.63, 3.8) is 0 Å². The van der Waals surface area contributed by atoms with E-state index in [9.17, 15) is 18.0 Å². The molecule has 106 valence electrons. The van der Waals surface area contributed by atoms with Gasteiger partial charge in [-0.25, -0.2) is 4.79 Å². The lowest BCUT2D eigenvalue weighted by atomic mass is 9.92. The van der Waals surface area contributed by atoms with Gasteiger partial charge < -0.3 is 4.84 Å². The number of hydrogen-bond acceptors (Lipinski definition) is 3. The molecule has 0 aromatic heterocycles. The second-order valence-corrected chi connectivity index (χ2v) is 4.74. The van der Waals surface area contributed by atoms with Crippen molar-refractivity contribution >= 4 is 5.97 Å². The molecule has 18 heavy (non-hydrogen) atoms. The summed E-state index contributed by atoms with van der Waals surface area (Å²) >= 11 is 0. The number of halogens is 3. The van der Waals surface area contributed by atoms with Crippen molar-refractivity contribution in [2.75, 3.05) is 13.1 Å². The van der Waals surface area contributed by atoms with Crippen LogP contribution in [0, 0.1) is 5.92 Å². The second-order valence-electron chi connectivity index (χ2n) is 4.74. The largest absolute Gasteiger partial charge is 0.492 e. The first-order valence-corrected chi connectivity index (χ1v) is 6.47. The number of nitrogens with zero attached hydrogens (tertiary/aromatic N) is 1. The Morgan fingerprint density at radius 2 is 1.89 bits per heavy atom. The number of hydroxylamine groups is 2. The Morgan fingerprint density at radius 3 is 2.39 bits per heavy atom. The maximum atomic E-state index is 12.0. The molecule has 1 aliphatic rings. The van der Waals surface area contributed by atoms with Gasteiger partial charge in [-0.15, -0.1) is 5.06 Å². The van der Waals surface area contributed by atoms with Gasteiger partial charge in [0.2, 0.25) is 0 Å². The number of unbranched alkanes of at least 4 members (excludes halogenated alkanes) is 2. The molecule has 0 bridgehead atoms. The number of alkyl halides is 3. The first-order chi connectivity index (χ1) is 8.43. The fourth-order valence-electron chi connectivity index (χ4n) is 2.14. The minimum absolute atomic E-state index is 0.401. The van der Waals surface area contributed by atoms with E-state index in [0.717, 1.165) is 24.3 Å². The molecule has 0 amide bonds. The molecule has 0 aliphatic carbocycles. The van der Waals surface area contributed by atoms with Crippen molar-refractivity contribution in [2.45, 2.75) is 51.6 Å². The van der Waals surface area contributed by atoms with Crippen LogP contribution in [0.3, 0.4) is 0 Å². The molecule has 0 radical (unpaired) electrons. The maximum absolute atomic E-state index is 12.0. The first kappa shape index (κ1) is 15.3. The van der Waals surface area contributed by atoms with E-state index in [1.165, 1.54) is 19.3 Å². The van der Waals surface area contributed by atoms with Gasteiger partial charge in [0, 0.05) is 13.1 Å². The van der Waals surface area contributed by atoms with Gasteiger partial charge >= 0.3 is 12.1 Å². The molecule has 1 fully saturated rings. The lowest BCUT2D eigenvalue weighted by molar-refractivity contribution is -0.242. The zero-order valence-corrected chi connectivity index (χ0v) is 10.6. The quantitative estimate of drug-likeness (QED) is 0.716. The molecule has 0 aromatic carbocycles. The normalized spacial score (nSPS) is 18.9. The maximum Gasteiger partial charge on any atom is 0.492 e.